The van der Waals surface area contributed by atoms with Gasteiger partial charge in [0.2, 0.25) is 0 Å². The van der Waals surface area contributed by atoms with E-state index in [0.29, 0.717) is 27.5 Å². The fourth-order valence-corrected chi connectivity index (χ4v) is 5.67. The summed E-state index contributed by atoms with van der Waals surface area (Å²) in [5.74, 6) is -0.849. The molecule has 5 rings (SSSR count). The number of aromatic nitrogens is 2. The molecule has 4 aromatic rings. The molecule has 8 nitrogen and oxygen atoms in total. The van der Waals surface area contributed by atoms with Crippen LogP contribution in [0.4, 0.5) is 4.39 Å². The first-order valence-corrected chi connectivity index (χ1v) is 14.8. The van der Waals surface area contributed by atoms with E-state index >= 15 is 0 Å². The third-order valence-electron chi connectivity index (χ3n) is 5.98. The highest BCUT2D eigenvalue weighted by molar-refractivity contribution is 8.26. The Morgan fingerprint density at radius 2 is 1.73 bits per heavy atom. The summed E-state index contributed by atoms with van der Waals surface area (Å²) in [5.41, 5.74) is 3.24. The number of thioether (sulfide) groups is 1. The van der Waals surface area contributed by atoms with Gasteiger partial charge in [-0.05, 0) is 48.5 Å². The molecular formula is C28H22FN3O5S3. The fraction of sp³-hybridized carbons (Fsp3) is 0.107. The summed E-state index contributed by atoms with van der Waals surface area (Å²) in [6.45, 7) is -0.162. The van der Waals surface area contributed by atoms with Crippen molar-refractivity contribution < 1.29 is 26.9 Å². The number of carbonyl (C=O) groups excluding carboxylic acids is 1. The molecule has 3 aromatic carbocycles. The second kappa shape index (κ2) is 11.7. The van der Waals surface area contributed by atoms with Crippen LogP contribution in [0.1, 0.15) is 11.1 Å². The van der Waals surface area contributed by atoms with Crippen LogP contribution in [0.15, 0.2) is 90.0 Å². The predicted octanol–water partition coefficient (Wildman–Crippen LogP) is 5.35. The van der Waals surface area contributed by atoms with E-state index in [0.717, 1.165) is 27.9 Å². The van der Waals surface area contributed by atoms with Crippen molar-refractivity contribution in [2.75, 3.05) is 12.3 Å². The molecule has 1 N–H and O–H groups in total. The van der Waals surface area contributed by atoms with Crippen LogP contribution in [-0.2, 0) is 21.5 Å². The lowest BCUT2D eigenvalue weighted by molar-refractivity contribution is -0.121. The maximum Gasteiger partial charge on any atom is 0.266 e. The summed E-state index contributed by atoms with van der Waals surface area (Å²) in [7, 11) is -4.26. The SMILES string of the molecule is O=C1C(=Cc2cn(-c3ccccc3)nc2-c2ccc(OCc3ccccc3F)cc2)SC(=S)N1CCS(=O)(=O)O. The van der Waals surface area contributed by atoms with E-state index in [-0.39, 0.29) is 23.3 Å². The summed E-state index contributed by atoms with van der Waals surface area (Å²) in [6.07, 6.45) is 3.45. The molecule has 1 aliphatic heterocycles. The third kappa shape index (κ3) is 6.48. The Morgan fingerprint density at radius 1 is 1.02 bits per heavy atom. The second-order valence-electron chi connectivity index (χ2n) is 8.74. The van der Waals surface area contributed by atoms with E-state index in [9.17, 15) is 17.6 Å². The van der Waals surface area contributed by atoms with Gasteiger partial charge < -0.3 is 4.74 Å². The Balaban J connectivity index is 1.44. The van der Waals surface area contributed by atoms with Crippen molar-refractivity contribution in [1.29, 1.82) is 0 Å². The van der Waals surface area contributed by atoms with Crippen molar-refractivity contribution >= 4 is 50.4 Å². The zero-order chi connectivity index (χ0) is 28.3. The highest BCUT2D eigenvalue weighted by Crippen LogP contribution is 2.35. The molecule has 1 amide bonds. The van der Waals surface area contributed by atoms with Crippen molar-refractivity contribution in [3.8, 4) is 22.7 Å². The summed E-state index contributed by atoms with van der Waals surface area (Å²) >= 11 is 6.33. The first kappa shape index (κ1) is 27.7. The molecule has 1 saturated heterocycles. The number of halogens is 1. The molecule has 1 fully saturated rings. The minimum atomic E-state index is -4.26. The average Bonchev–Trinajstić information content (AvgIpc) is 3.47. The van der Waals surface area contributed by atoms with Gasteiger partial charge in [-0.1, -0.05) is 60.4 Å². The standard InChI is InChI=1S/C28H22FN3O5S3/c29-24-9-5-4-6-20(24)18-37-23-12-10-19(11-13-23)26-21(17-32(30-26)22-7-2-1-3-8-22)16-25-27(33)31(28(38)39-25)14-15-40(34,35)36/h1-13,16-17H,14-15,18H2,(H,34,35,36). The summed E-state index contributed by atoms with van der Waals surface area (Å²) in [5, 5.41) is 4.76. The maximum absolute atomic E-state index is 13.9. The van der Waals surface area contributed by atoms with Crippen molar-refractivity contribution in [3.63, 3.8) is 0 Å². The zero-order valence-electron chi connectivity index (χ0n) is 20.8. The van der Waals surface area contributed by atoms with Gasteiger partial charge >= 0.3 is 0 Å². The van der Waals surface area contributed by atoms with Gasteiger partial charge in [-0.25, -0.2) is 9.07 Å². The van der Waals surface area contributed by atoms with Gasteiger partial charge in [0.05, 0.1) is 22.0 Å². The van der Waals surface area contributed by atoms with Crippen LogP contribution in [0.25, 0.3) is 23.0 Å². The Labute approximate surface area is 239 Å². The molecule has 1 aromatic heterocycles. The van der Waals surface area contributed by atoms with Crippen molar-refractivity contribution in [2.24, 2.45) is 0 Å². The number of benzene rings is 3. The van der Waals surface area contributed by atoms with Gasteiger partial charge in [0.15, 0.2) is 0 Å². The number of rotatable bonds is 9. The van der Waals surface area contributed by atoms with Crippen LogP contribution < -0.4 is 4.74 Å². The Morgan fingerprint density at radius 3 is 2.42 bits per heavy atom. The van der Waals surface area contributed by atoms with Gasteiger partial charge in [-0.3, -0.25) is 14.2 Å². The lowest BCUT2D eigenvalue weighted by atomic mass is 10.1. The zero-order valence-corrected chi connectivity index (χ0v) is 23.3. The van der Waals surface area contributed by atoms with E-state index in [1.165, 1.54) is 6.07 Å². The highest BCUT2D eigenvalue weighted by Gasteiger charge is 2.33. The molecule has 0 unspecified atom stereocenters. The third-order valence-corrected chi connectivity index (χ3v) is 8.05. The van der Waals surface area contributed by atoms with E-state index in [1.54, 1.807) is 47.3 Å². The second-order valence-corrected chi connectivity index (χ2v) is 12.0. The average molecular weight is 596 g/mol. The maximum atomic E-state index is 13.9. The van der Waals surface area contributed by atoms with Gasteiger partial charge in [0.25, 0.3) is 16.0 Å². The van der Waals surface area contributed by atoms with E-state index < -0.39 is 21.8 Å². The van der Waals surface area contributed by atoms with Gasteiger partial charge in [0.1, 0.15) is 22.5 Å². The smallest absolute Gasteiger partial charge is 0.266 e. The lowest BCUT2D eigenvalue weighted by Gasteiger charge is -2.12. The molecular weight excluding hydrogens is 574 g/mol. The summed E-state index contributed by atoms with van der Waals surface area (Å²) in [6, 6.07) is 23.0. The number of para-hydroxylation sites is 1. The van der Waals surface area contributed by atoms with Gasteiger partial charge in [-0.2, -0.15) is 13.5 Å². The predicted molar refractivity (Wildman–Crippen MR) is 156 cm³/mol. The molecule has 0 radical (unpaired) electrons. The van der Waals surface area contributed by atoms with Crippen molar-refractivity contribution in [1.82, 2.24) is 14.7 Å². The molecule has 2 heterocycles. The monoisotopic (exact) mass is 595 g/mol. The van der Waals surface area contributed by atoms with E-state index in [1.807, 2.05) is 42.5 Å². The Bertz CT molecular complexity index is 1700. The number of carbonyl (C=O) groups is 1. The first-order chi connectivity index (χ1) is 19.2. The molecule has 0 bridgehead atoms. The van der Waals surface area contributed by atoms with Crippen LogP contribution in [0.5, 0.6) is 5.75 Å². The number of nitrogens with zero attached hydrogens (tertiary/aromatic N) is 3. The molecule has 0 aliphatic carbocycles. The summed E-state index contributed by atoms with van der Waals surface area (Å²) in [4.78, 5) is 14.5. The van der Waals surface area contributed by atoms with Gasteiger partial charge in [0, 0.05) is 29.4 Å². The molecule has 0 spiro atoms. The minimum absolute atomic E-state index is 0.0827. The topological polar surface area (TPSA) is 102 Å². The molecule has 1 aliphatic rings. The fourth-order valence-electron chi connectivity index (χ4n) is 3.96. The van der Waals surface area contributed by atoms with Crippen LogP contribution in [0.2, 0.25) is 0 Å². The van der Waals surface area contributed by atoms with Crippen LogP contribution >= 0.6 is 24.0 Å². The molecule has 12 heteroatoms. The number of amides is 1. The molecule has 40 heavy (non-hydrogen) atoms. The lowest BCUT2D eigenvalue weighted by Crippen LogP contribution is -2.32. The highest BCUT2D eigenvalue weighted by atomic mass is 32.2. The quantitative estimate of drug-likeness (QED) is 0.157. The van der Waals surface area contributed by atoms with Gasteiger partial charge in [-0.15, -0.1) is 0 Å². The number of ether oxygens (including phenoxy) is 1. The van der Waals surface area contributed by atoms with Crippen molar-refractivity contribution in [2.45, 2.75) is 6.61 Å². The first-order valence-electron chi connectivity index (χ1n) is 12.0. The van der Waals surface area contributed by atoms with Crippen LogP contribution in [0, 0.1) is 5.82 Å². The van der Waals surface area contributed by atoms with E-state index in [2.05, 4.69) is 0 Å². The normalized spacial score (nSPS) is 14.8. The largest absolute Gasteiger partial charge is 0.489 e. The number of thiocarbonyl (C=S) groups is 1. The van der Waals surface area contributed by atoms with Crippen LogP contribution in [0.3, 0.4) is 0 Å². The number of hydrogen-bond donors (Lipinski definition) is 1. The van der Waals surface area contributed by atoms with Crippen molar-refractivity contribution in [3.05, 3.63) is 107 Å². The molecule has 0 saturated carbocycles. The Hall–Kier alpha value is -3.84. The Kier molecular flexibility index (Phi) is 8.12. The minimum Gasteiger partial charge on any atom is -0.489 e. The van der Waals surface area contributed by atoms with Crippen LogP contribution in [-0.4, -0.2) is 50.2 Å². The summed E-state index contributed by atoms with van der Waals surface area (Å²) < 4.78 is 53.0. The van der Waals surface area contributed by atoms with E-state index in [4.69, 9.17) is 26.6 Å². The number of hydrogen-bond acceptors (Lipinski definition) is 7. The molecule has 204 valence electrons. The molecule has 0 atom stereocenters.